The smallest absolute Gasteiger partial charge is 0.251 e. The van der Waals surface area contributed by atoms with E-state index in [4.69, 9.17) is 0 Å². The number of rotatable bonds is 7. The highest BCUT2D eigenvalue weighted by atomic mass is 32.1. The van der Waals surface area contributed by atoms with Gasteiger partial charge in [0.25, 0.3) is 5.91 Å². The highest BCUT2D eigenvalue weighted by Gasteiger charge is 2.25. The zero-order valence-electron chi connectivity index (χ0n) is 19.2. The van der Waals surface area contributed by atoms with Crippen molar-refractivity contribution in [1.29, 1.82) is 0 Å². The summed E-state index contributed by atoms with van der Waals surface area (Å²) >= 11 is 0. The Morgan fingerprint density at radius 3 is 2.68 bits per heavy atom. The van der Waals surface area contributed by atoms with E-state index in [0.717, 1.165) is 39.2 Å². The summed E-state index contributed by atoms with van der Waals surface area (Å²) in [6.45, 7) is 2.81. The largest absolute Gasteiger partial charge is 0.369 e. The molecule has 3 aromatic heterocycles. The van der Waals surface area contributed by atoms with E-state index in [1.54, 1.807) is 25.6 Å². The minimum atomic E-state index is -0.111. The Kier molecular flexibility index (Phi) is 7.07. The second-order valence-electron chi connectivity index (χ2n) is 8.50. The van der Waals surface area contributed by atoms with E-state index in [1.165, 1.54) is 12.8 Å². The normalized spacial score (nSPS) is 13.7. The molecule has 1 aromatic carbocycles. The van der Waals surface area contributed by atoms with Gasteiger partial charge in [-0.3, -0.25) is 14.8 Å². The van der Waals surface area contributed by atoms with E-state index in [0.29, 0.717) is 18.0 Å². The van der Waals surface area contributed by atoms with E-state index >= 15 is 0 Å². The molecule has 3 heterocycles. The summed E-state index contributed by atoms with van der Waals surface area (Å²) in [4.78, 5) is 30.2. The molecule has 0 spiro atoms. The first-order chi connectivity index (χ1) is 16.1. The average Bonchev–Trinajstić information content (AvgIpc) is 3.72. The lowest BCUT2D eigenvalue weighted by Crippen LogP contribution is -2.18. The average molecular weight is 473 g/mol. The predicted octanol–water partition coefficient (Wildman–Crippen LogP) is 4.65. The summed E-state index contributed by atoms with van der Waals surface area (Å²) in [7, 11) is 1.64. The quantitative estimate of drug-likeness (QED) is 0.407. The van der Waals surface area contributed by atoms with Crippen LogP contribution in [0, 0.1) is 0 Å². The van der Waals surface area contributed by atoms with Gasteiger partial charge in [-0.15, -0.1) is 0 Å². The molecule has 4 aromatic rings. The Bertz CT molecular complexity index is 1320. The predicted molar refractivity (Wildman–Crippen MR) is 140 cm³/mol. The highest BCUT2D eigenvalue weighted by Crippen LogP contribution is 2.39. The van der Waals surface area contributed by atoms with Crippen LogP contribution in [-0.4, -0.2) is 39.4 Å². The first-order valence-electron chi connectivity index (χ1n) is 11.3. The van der Waals surface area contributed by atoms with Crippen molar-refractivity contribution >= 4 is 36.1 Å². The van der Waals surface area contributed by atoms with Gasteiger partial charge in [-0.25, -0.2) is 9.97 Å². The van der Waals surface area contributed by atoms with E-state index in [-0.39, 0.29) is 25.3 Å². The second-order valence-corrected chi connectivity index (χ2v) is 8.50. The molecule has 1 saturated carbocycles. The standard InChI is InChI=1S/C26H26N6O.H2S/c1-16(19-4-3-5-20-21(26(33)27-2)9-11-29-25(19)20)14-30-24-13-23(31-15-32-24)18-8-10-28-22(12-18)17-6-7-17;/h3-5,8-13,15-17H,6-7,14H2,1-2H3,(H,27,33)(H,30,31,32);1H2/t16-;/m1./s1. The Labute approximate surface area is 205 Å². The van der Waals surface area contributed by atoms with Crippen LogP contribution in [-0.2, 0) is 0 Å². The monoisotopic (exact) mass is 472 g/mol. The van der Waals surface area contributed by atoms with Gasteiger partial charge in [0.1, 0.15) is 12.1 Å². The van der Waals surface area contributed by atoms with Crippen molar-refractivity contribution in [2.45, 2.75) is 31.6 Å². The fourth-order valence-corrected chi connectivity index (χ4v) is 4.12. The van der Waals surface area contributed by atoms with Gasteiger partial charge in [0.05, 0.1) is 16.8 Å². The Morgan fingerprint density at radius 2 is 1.88 bits per heavy atom. The topological polar surface area (TPSA) is 92.7 Å². The van der Waals surface area contributed by atoms with E-state index in [2.05, 4.69) is 49.6 Å². The summed E-state index contributed by atoms with van der Waals surface area (Å²) in [6, 6.07) is 13.8. The van der Waals surface area contributed by atoms with Crippen LogP contribution in [0.25, 0.3) is 22.2 Å². The van der Waals surface area contributed by atoms with Crippen LogP contribution in [0.2, 0.25) is 0 Å². The van der Waals surface area contributed by atoms with Crippen molar-refractivity contribution in [3.8, 4) is 11.3 Å². The fraction of sp³-hybridized carbons (Fsp3) is 0.269. The molecule has 0 radical (unpaired) electrons. The SMILES string of the molecule is CNC(=O)c1ccnc2c([C@H](C)CNc3cc(-c4ccnc(C5CC5)c4)ncn3)cccc12.S. The zero-order valence-corrected chi connectivity index (χ0v) is 20.2. The van der Waals surface area contributed by atoms with Gasteiger partial charge in [0.2, 0.25) is 0 Å². The third kappa shape index (κ3) is 4.87. The first kappa shape index (κ1) is 23.6. The summed E-state index contributed by atoms with van der Waals surface area (Å²) < 4.78 is 0. The lowest BCUT2D eigenvalue weighted by Gasteiger charge is -2.16. The molecule has 1 fully saturated rings. The summed E-state index contributed by atoms with van der Waals surface area (Å²) in [5, 5.41) is 7.00. The fourth-order valence-electron chi connectivity index (χ4n) is 4.12. The minimum Gasteiger partial charge on any atom is -0.369 e. The van der Waals surface area contributed by atoms with Crippen molar-refractivity contribution in [1.82, 2.24) is 25.3 Å². The Hall–Kier alpha value is -3.52. The molecule has 0 unspecified atom stereocenters. The van der Waals surface area contributed by atoms with Crippen LogP contribution in [0.15, 0.2) is 61.2 Å². The number of hydrogen-bond acceptors (Lipinski definition) is 6. The summed E-state index contributed by atoms with van der Waals surface area (Å²) in [5.41, 5.74) is 5.66. The Balaban J connectivity index is 0.00000274. The molecule has 2 N–H and O–H groups in total. The molecule has 1 amide bonds. The van der Waals surface area contributed by atoms with E-state index in [9.17, 15) is 4.79 Å². The maximum absolute atomic E-state index is 12.3. The summed E-state index contributed by atoms with van der Waals surface area (Å²) in [5.74, 6) is 1.42. The lowest BCUT2D eigenvalue weighted by atomic mass is 9.96. The van der Waals surface area contributed by atoms with Crippen LogP contribution >= 0.6 is 13.5 Å². The molecule has 34 heavy (non-hydrogen) atoms. The van der Waals surface area contributed by atoms with Crippen molar-refractivity contribution in [3.63, 3.8) is 0 Å². The molecule has 0 aliphatic heterocycles. The number of amides is 1. The van der Waals surface area contributed by atoms with Gasteiger partial charge >= 0.3 is 0 Å². The van der Waals surface area contributed by atoms with Gasteiger partial charge in [-0.2, -0.15) is 13.5 Å². The van der Waals surface area contributed by atoms with Crippen LogP contribution in [0.4, 0.5) is 5.82 Å². The number of aromatic nitrogens is 4. The number of hydrogen-bond donors (Lipinski definition) is 2. The number of anilines is 1. The maximum atomic E-state index is 12.3. The molecule has 5 rings (SSSR count). The van der Waals surface area contributed by atoms with Crippen LogP contribution in [0.3, 0.4) is 0 Å². The molecular formula is C26H28N6OS. The van der Waals surface area contributed by atoms with Crippen molar-refractivity contribution in [2.75, 3.05) is 18.9 Å². The molecule has 1 aliphatic carbocycles. The number of pyridine rings is 2. The van der Waals surface area contributed by atoms with Gasteiger partial charge in [-0.05, 0) is 36.6 Å². The number of nitrogens with one attached hydrogen (secondary N) is 2. The zero-order chi connectivity index (χ0) is 22.8. The van der Waals surface area contributed by atoms with Crippen LogP contribution in [0.1, 0.15) is 53.2 Å². The molecule has 0 bridgehead atoms. The van der Waals surface area contributed by atoms with Crippen molar-refractivity contribution in [3.05, 3.63) is 78.0 Å². The molecule has 174 valence electrons. The molecular weight excluding hydrogens is 444 g/mol. The van der Waals surface area contributed by atoms with Gasteiger partial charge in [0, 0.05) is 60.5 Å². The van der Waals surface area contributed by atoms with Gasteiger partial charge in [-0.1, -0.05) is 25.1 Å². The van der Waals surface area contributed by atoms with E-state index < -0.39 is 0 Å². The lowest BCUT2D eigenvalue weighted by molar-refractivity contribution is 0.0964. The van der Waals surface area contributed by atoms with Crippen molar-refractivity contribution < 1.29 is 4.79 Å². The third-order valence-corrected chi connectivity index (χ3v) is 6.13. The maximum Gasteiger partial charge on any atom is 0.251 e. The van der Waals surface area contributed by atoms with Crippen LogP contribution < -0.4 is 10.6 Å². The number of fused-ring (bicyclic) bond motifs is 1. The van der Waals surface area contributed by atoms with Crippen molar-refractivity contribution in [2.24, 2.45) is 0 Å². The van der Waals surface area contributed by atoms with Gasteiger partial charge in [0.15, 0.2) is 0 Å². The molecule has 1 atom stereocenters. The van der Waals surface area contributed by atoms with Crippen LogP contribution in [0.5, 0.6) is 0 Å². The molecule has 1 aliphatic rings. The van der Waals surface area contributed by atoms with Gasteiger partial charge < -0.3 is 10.6 Å². The molecule has 8 heteroatoms. The number of para-hydroxylation sites is 1. The number of benzene rings is 1. The number of nitrogens with zero attached hydrogens (tertiary/aromatic N) is 4. The number of carbonyl (C=O) groups is 1. The highest BCUT2D eigenvalue weighted by molar-refractivity contribution is 7.59. The first-order valence-corrected chi connectivity index (χ1v) is 11.3. The molecule has 7 nitrogen and oxygen atoms in total. The number of carbonyl (C=O) groups excluding carboxylic acids is 1. The minimum absolute atomic E-state index is 0. The molecule has 0 saturated heterocycles. The van der Waals surface area contributed by atoms with E-state index in [1.807, 2.05) is 30.5 Å². The Morgan fingerprint density at radius 1 is 1.06 bits per heavy atom. The summed E-state index contributed by atoms with van der Waals surface area (Å²) in [6.07, 6.45) is 7.59. The third-order valence-electron chi connectivity index (χ3n) is 6.13. The second kappa shape index (κ2) is 10.2.